The van der Waals surface area contributed by atoms with E-state index in [4.69, 9.17) is 5.26 Å². The van der Waals surface area contributed by atoms with E-state index in [2.05, 4.69) is 21.1 Å². The molecule has 3 heterocycles. The maximum atomic E-state index is 11.8. The highest BCUT2D eigenvalue weighted by atomic mass is 16.1. The number of anilines is 1. The van der Waals surface area contributed by atoms with Gasteiger partial charge in [0, 0.05) is 25.0 Å². The van der Waals surface area contributed by atoms with Gasteiger partial charge in [0.1, 0.15) is 11.9 Å². The minimum Gasteiger partial charge on any atom is -0.352 e. The lowest BCUT2D eigenvalue weighted by Gasteiger charge is -2.25. The van der Waals surface area contributed by atoms with E-state index in [1.165, 1.54) is 10.7 Å². The molecule has 21 heavy (non-hydrogen) atoms. The van der Waals surface area contributed by atoms with Crippen molar-refractivity contribution < 1.29 is 0 Å². The largest absolute Gasteiger partial charge is 0.352 e. The van der Waals surface area contributed by atoms with Gasteiger partial charge in [-0.1, -0.05) is 0 Å². The van der Waals surface area contributed by atoms with Crippen molar-refractivity contribution in [1.29, 1.82) is 5.26 Å². The topological polar surface area (TPSA) is 74.8 Å². The Kier molecular flexibility index (Phi) is 3.65. The summed E-state index contributed by atoms with van der Waals surface area (Å²) in [6.45, 7) is 1.46. The second kappa shape index (κ2) is 5.75. The third-order valence-electron chi connectivity index (χ3n) is 3.72. The average Bonchev–Trinajstić information content (AvgIpc) is 2.98. The van der Waals surface area contributed by atoms with Crippen molar-refractivity contribution in [2.75, 3.05) is 11.4 Å². The molecule has 6 nitrogen and oxygen atoms in total. The number of aromatic nitrogens is 3. The number of hydrogen-bond acceptors (Lipinski definition) is 5. The van der Waals surface area contributed by atoms with Crippen LogP contribution in [-0.2, 0) is 6.54 Å². The molecule has 2 aromatic rings. The Hall–Kier alpha value is -2.68. The Labute approximate surface area is 122 Å². The molecule has 0 radical (unpaired) electrons. The molecule has 0 N–H and O–H groups in total. The Morgan fingerprint density at radius 2 is 2.29 bits per heavy atom. The van der Waals surface area contributed by atoms with Gasteiger partial charge in [-0.2, -0.15) is 10.4 Å². The second-order valence-corrected chi connectivity index (χ2v) is 5.05. The molecule has 1 unspecified atom stereocenters. The standard InChI is InChI=1S/C15H15N5O/c16-9-12-5-6-14(17-10-12)19-8-2-3-13(19)11-20-15(21)4-1-7-18-20/h1,4-7,10,13H,2-3,8,11H2. The van der Waals surface area contributed by atoms with Crippen LogP contribution < -0.4 is 10.5 Å². The van der Waals surface area contributed by atoms with E-state index in [1.807, 2.05) is 6.07 Å². The minimum atomic E-state index is -0.0860. The van der Waals surface area contributed by atoms with E-state index in [-0.39, 0.29) is 11.6 Å². The van der Waals surface area contributed by atoms with E-state index in [0.29, 0.717) is 12.1 Å². The molecule has 0 aliphatic carbocycles. The van der Waals surface area contributed by atoms with Crippen LogP contribution in [-0.4, -0.2) is 27.4 Å². The van der Waals surface area contributed by atoms with E-state index in [9.17, 15) is 4.79 Å². The second-order valence-electron chi connectivity index (χ2n) is 5.05. The molecule has 0 saturated carbocycles. The summed E-state index contributed by atoms with van der Waals surface area (Å²) in [5.74, 6) is 0.848. The molecule has 1 aliphatic rings. The number of rotatable bonds is 3. The zero-order valence-corrected chi connectivity index (χ0v) is 11.5. The molecule has 1 fully saturated rings. The van der Waals surface area contributed by atoms with Gasteiger partial charge in [-0.05, 0) is 31.0 Å². The van der Waals surface area contributed by atoms with Crippen LogP contribution in [0.1, 0.15) is 18.4 Å². The van der Waals surface area contributed by atoms with Crippen LogP contribution in [0.15, 0.2) is 41.5 Å². The first kappa shape index (κ1) is 13.3. The van der Waals surface area contributed by atoms with Crippen LogP contribution in [0.5, 0.6) is 0 Å². The molecule has 6 heteroatoms. The van der Waals surface area contributed by atoms with Gasteiger partial charge in [0.2, 0.25) is 0 Å². The first-order valence-electron chi connectivity index (χ1n) is 6.93. The third-order valence-corrected chi connectivity index (χ3v) is 3.72. The van der Waals surface area contributed by atoms with Gasteiger partial charge in [-0.3, -0.25) is 4.79 Å². The molecule has 0 aromatic carbocycles. The van der Waals surface area contributed by atoms with Crippen molar-refractivity contribution in [2.45, 2.75) is 25.4 Å². The maximum Gasteiger partial charge on any atom is 0.266 e. The molecule has 2 aromatic heterocycles. The monoisotopic (exact) mass is 281 g/mol. The zero-order valence-electron chi connectivity index (χ0n) is 11.5. The SMILES string of the molecule is N#Cc1ccc(N2CCCC2Cn2ncccc2=O)nc1. The Bertz CT molecular complexity index is 716. The fraction of sp³-hybridized carbons (Fsp3) is 0.333. The van der Waals surface area contributed by atoms with Crippen LogP contribution >= 0.6 is 0 Å². The summed E-state index contributed by atoms with van der Waals surface area (Å²) in [5, 5.41) is 12.9. The molecule has 0 bridgehead atoms. The summed E-state index contributed by atoms with van der Waals surface area (Å²) in [7, 11) is 0. The molecule has 1 aliphatic heterocycles. The van der Waals surface area contributed by atoms with Gasteiger partial charge in [0.15, 0.2) is 0 Å². The van der Waals surface area contributed by atoms with E-state index >= 15 is 0 Å². The molecular formula is C15H15N5O. The predicted molar refractivity (Wildman–Crippen MR) is 77.8 cm³/mol. The number of hydrogen-bond donors (Lipinski definition) is 0. The normalized spacial score (nSPS) is 17.7. The molecular weight excluding hydrogens is 266 g/mol. The molecule has 0 spiro atoms. The summed E-state index contributed by atoms with van der Waals surface area (Å²) in [6.07, 6.45) is 5.27. The third kappa shape index (κ3) is 2.77. The maximum absolute atomic E-state index is 11.8. The molecule has 0 amide bonds. The Balaban J connectivity index is 1.81. The van der Waals surface area contributed by atoms with Gasteiger partial charge >= 0.3 is 0 Å². The first-order chi connectivity index (χ1) is 10.3. The van der Waals surface area contributed by atoms with Crippen molar-refractivity contribution in [3.63, 3.8) is 0 Å². The van der Waals surface area contributed by atoms with Crippen molar-refractivity contribution in [3.8, 4) is 6.07 Å². The smallest absolute Gasteiger partial charge is 0.266 e. The van der Waals surface area contributed by atoms with Crippen molar-refractivity contribution in [3.05, 3.63) is 52.6 Å². The predicted octanol–water partition coefficient (Wildman–Crippen LogP) is 1.18. The fourth-order valence-corrected chi connectivity index (χ4v) is 2.67. The lowest BCUT2D eigenvalue weighted by atomic mass is 10.2. The van der Waals surface area contributed by atoms with Crippen LogP contribution in [0.25, 0.3) is 0 Å². The number of pyridine rings is 1. The summed E-state index contributed by atoms with van der Waals surface area (Å²) >= 11 is 0. The highest BCUT2D eigenvalue weighted by Gasteiger charge is 2.26. The van der Waals surface area contributed by atoms with Gasteiger partial charge in [-0.15, -0.1) is 0 Å². The highest BCUT2D eigenvalue weighted by Crippen LogP contribution is 2.24. The first-order valence-corrected chi connectivity index (χ1v) is 6.93. The van der Waals surface area contributed by atoms with Crippen molar-refractivity contribution in [2.24, 2.45) is 0 Å². The fourth-order valence-electron chi connectivity index (χ4n) is 2.67. The number of nitriles is 1. The van der Waals surface area contributed by atoms with E-state index < -0.39 is 0 Å². The summed E-state index contributed by atoms with van der Waals surface area (Å²) in [5.41, 5.74) is 0.465. The summed E-state index contributed by atoms with van der Waals surface area (Å²) < 4.78 is 1.49. The van der Waals surface area contributed by atoms with Gasteiger partial charge in [0.05, 0.1) is 18.2 Å². The van der Waals surface area contributed by atoms with Crippen LogP contribution in [0, 0.1) is 11.3 Å². The summed E-state index contributed by atoms with van der Waals surface area (Å²) in [4.78, 5) is 18.3. The van der Waals surface area contributed by atoms with Crippen LogP contribution in [0.3, 0.4) is 0 Å². The number of nitrogens with zero attached hydrogens (tertiary/aromatic N) is 5. The van der Waals surface area contributed by atoms with E-state index in [1.54, 1.807) is 24.5 Å². The van der Waals surface area contributed by atoms with Crippen LogP contribution in [0.2, 0.25) is 0 Å². The minimum absolute atomic E-state index is 0.0860. The van der Waals surface area contributed by atoms with Crippen molar-refractivity contribution in [1.82, 2.24) is 14.8 Å². The Morgan fingerprint density at radius 1 is 1.38 bits per heavy atom. The van der Waals surface area contributed by atoms with E-state index in [0.717, 1.165) is 25.2 Å². The van der Waals surface area contributed by atoms with Crippen LogP contribution in [0.4, 0.5) is 5.82 Å². The quantitative estimate of drug-likeness (QED) is 0.844. The molecule has 3 rings (SSSR count). The lowest BCUT2D eigenvalue weighted by molar-refractivity contribution is 0.487. The average molecular weight is 281 g/mol. The molecule has 106 valence electrons. The van der Waals surface area contributed by atoms with Gasteiger partial charge in [-0.25, -0.2) is 9.67 Å². The lowest BCUT2D eigenvalue weighted by Crippen LogP contribution is -2.37. The van der Waals surface area contributed by atoms with Crippen molar-refractivity contribution >= 4 is 5.82 Å². The molecule has 1 saturated heterocycles. The van der Waals surface area contributed by atoms with Gasteiger partial charge < -0.3 is 4.90 Å². The molecule has 1 atom stereocenters. The van der Waals surface area contributed by atoms with Gasteiger partial charge in [0.25, 0.3) is 5.56 Å². The highest BCUT2D eigenvalue weighted by molar-refractivity contribution is 5.43. The Morgan fingerprint density at radius 3 is 3.00 bits per heavy atom. The zero-order chi connectivity index (χ0) is 14.7. The summed E-state index contributed by atoms with van der Waals surface area (Å²) in [6, 6.07) is 9.07.